The van der Waals surface area contributed by atoms with Crippen molar-refractivity contribution in [1.29, 1.82) is 0 Å². The predicted octanol–water partition coefficient (Wildman–Crippen LogP) is 3.34. The summed E-state index contributed by atoms with van der Waals surface area (Å²) in [4.78, 5) is 23.6. The van der Waals surface area contributed by atoms with E-state index in [1.165, 1.54) is 0 Å². The van der Waals surface area contributed by atoms with Crippen LogP contribution in [-0.2, 0) is 4.79 Å². The van der Waals surface area contributed by atoms with Crippen LogP contribution in [0.25, 0.3) is 11.0 Å². The van der Waals surface area contributed by atoms with Gasteiger partial charge in [0.25, 0.3) is 5.91 Å². The van der Waals surface area contributed by atoms with E-state index in [9.17, 15) is 9.59 Å². The number of carbonyl (C=O) groups is 2. The minimum absolute atomic E-state index is 0.190. The monoisotopic (exact) mass is 303 g/mol. The van der Waals surface area contributed by atoms with Crippen molar-refractivity contribution in [3.05, 3.63) is 34.6 Å². The molecule has 1 amide bonds. The molecule has 5 nitrogen and oxygen atoms in total. The zero-order valence-corrected chi connectivity index (χ0v) is 13.3. The normalized spacial score (nSPS) is 12.4. The van der Waals surface area contributed by atoms with Gasteiger partial charge in [-0.05, 0) is 38.3 Å². The standard InChI is InChI=1S/C17H21NO4/c1-5-6-12(17(20)21)18-16(19)15-11(4)13-9(2)7-8-10(3)14(13)22-15/h7-8,12H,5-6H2,1-4H3,(H,18,19)(H,20,21). The molecule has 2 N–H and O–H groups in total. The zero-order chi connectivity index (χ0) is 16.4. The van der Waals surface area contributed by atoms with E-state index >= 15 is 0 Å². The molecule has 0 saturated heterocycles. The molecular formula is C17H21NO4. The lowest BCUT2D eigenvalue weighted by molar-refractivity contribution is -0.139. The molecule has 1 heterocycles. The van der Waals surface area contributed by atoms with Gasteiger partial charge in [-0.15, -0.1) is 0 Å². The van der Waals surface area contributed by atoms with Crippen LogP contribution in [0.15, 0.2) is 16.5 Å². The highest BCUT2D eigenvalue weighted by Crippen LogP contribution is 2.30. The highest BCUT2D eigenvalue weighted by molar-refractivity contribution is 6.01. The third-order valence-electron chi connectivity index (χ3n) is 3.87. The molecule has 0 spiro atoms. The summed E-state index contributed by atoms with van der Waals surface area (Å²) in [6, 6.07) is 3.03. The molecule has 0 bridgehead atoms. The molecule has 22 heavy (non-hydrogen) atoms. The van der Waals surface area contributed by atoms with Gasteiger partial charge in [-0.3, -0.25) is 4.79 Å². The van der Waals surface area contributed by atoms with Crippen LogP contribution < -0.4 is 5.32 Å². The number of aryl methyl sites for hydroxylation is 3. The van der Waals surface area contributed by atoms with Gasteiger partial charge in [-0.25, -0.2) is 4.79 Å². The Balaban J connectivity index is 2.40. The molecule has 0 aliphatic heterocycles. The molecule has 1 atom stereocenters. The van der Waals surface area contributed by atoms with Crippen molar-refractivity contribution in [2.24, 2.45) is 0 Å². The van der Waals surface area contributed by atoms with Crippen LogP contribution in [-0.4, -0.2) is 23.0 Å². The highest BCUT2D eigenvalue weighted by atomic mass is 16.4. The first-order valence-corrected chi connectivity index (χ1v) is 7.39. The van der Waals surface area contributed by atoms with Crippen LogP contribution >= 0.6 is 0 Å². The van der Waals surface area contributed by atoms with Crippen LogP contribution in [0.1, 0.15) is 47.0 Å². The fourth-order valence-electron chi connectivity index (χ4n) is 2.66. The summed E-state index contributed by atoms with van der Waals surface area (Å²) < 4.78 is 5.73. The summed E-state index contributed by atoms with van der Waals surface area (Å²) >= 11 is 0. The van der Waals surface area contributed by atoms with Gasteiger partial charge in [0.05, 0.1) is 0 Å². The quantitative estimate of drug-likeness (QED) is 0.887. The lowest BCUT2D eigenvalue weighted by Crippen LogP contribution is -2.40. The van der Waals surface area contributed by atoms with Crippen LogP contribution in [0.4, 0.5) is 0 Å². The SMILES string of the molecule is CCCC(NC(=O)c1oc2c(C)ccc(C)c2c1C)C(=O)O. The molecule has 0 aliphatic carbocycles. The van der Waals surface area contributed by atoms with E-state index in [0.29, 0.717) is 18.4 Å². The lowest BCUT2D eigenvalue weighted by Gasteiger charge is -2.12. The maximum atomic E-state index is 12.4. The summed E-state index contributed by atoms with van der Waals surface area (Å²) in [5.41, 5.74) is 3.41. The van der Waals surface area contributed by atoms with E-state index in [-0.39, 0.29) is 5.76 Å². The molecule has 118 valence electrons. The van der Waals surface area contributed by atoms with E-state index in [1.54, 1.807) is 0 Å². The minimum Gasteiger partial charge on any atom is -0.480 e. The Kier molecular flexibility index (Phi) is 4.54. The van der Waals surface area contributed by atoms with E-state index in [0.717, 1.165) is 22.1 Å². The summed E-state index contributed by atoms with van der Waals surface area (Å²) in [5, 5.41) is 12.6. The van der Waals surface area contributed by atoms with Gasteiger partial charge >= 0.3 is 5.97 Å². The second kappa shape index (κ2) is 6.22. The number of aliphatic carboxylic acids is 1. The maximum absolute atomic E-state index is 12.4. The van der Waals surface area contributed by atoms with Gasteiger partial charge in [0, 0.05) is 10.9 Å². The van der Waals surface area contributed by atoms with Crippen molar-refractivity contribution < 1.29 is 19.1 Å². The second-order valence-corrected chi connectivity index (χ2v) is 5.61. The molecule has 5 heteroatoms. The molecule has 1 aromatic carbocycles. The zero-order valence-electron chi connectivity index (χ0n) is 13.3. The van der Waals surface area contributed by atoms with Crippen molar-refractivity contribution in [3.8, 4) is 0 Å². The first-order valence-electron chi connectivity index (χ1n) is 7.39. The summed E-state index contributed by atoms with van der Waals surface area (Å²) in [6.45, 7) is 7.58. The number of hydrogen-bond acceptors (Lipinski definition) is 3. The van der Waals surface area contributed by atoms with Crippen LogP contribution in [0.5, 0.6) is 0 Å². The third-order valence-corrected chi connectivity index (χ3v) is 3.87. The van der Waals surface area contributed by atoms with Crippen molar-refractivity contribution in [1.82, 2.24) is 5.32 Å². The number of carboxylic acids is 1. The molecule has 0 fully saturated rings. The molecule has 2 rings (SSSR count). The number of nitrogens with one attached hydrogen (secondary N) is 1. The Bertz CT molecular complexity index is 730. The van der Waals surface area contributed by atoms with E-state index in [2.05, 4.69) is 5.32 Å². The second-order valence-electron chi connectivity index (χ2n) is 5.61. The fourth-order valence-corrected chi connectivity index (χ4v) is 2.66. The third kappa shape index (κ3) is 2.84. The topological polar surface area (TPSA) is 79.5 Å². The fraction of sp³-hybridized carbons (Fsp3) is 0.412. The van der Waals surface area contributed by atoms with Crippen LogP contribution in [0, 0.1) is 20.8 Å². The molecular weight excluding hydrogens is 282 g/mol. The lowest BCUT2D eigenvalue weighted by atomic mass is 10.0. The van der Waals surface area contributed by atoms with E-state index in [1.807, 2.05) is 39.8 Å². The molecule has 2 aromatic rings. The number of fused-ring (bicyclic) bond motifs is 1. The number of hydrogen-bond donors (Lipinski definition) is 2. The maximum Gasteiger partial charge on any atom is 0.326 e. The highest BCUT2D eigenvalue weighted by Gasteiger charge is 2.24. The number of carbonyl (C=O) groups excluding carboxylic acids is 1. The first kappa shape index (κ1) is 16.1. The Morgan fingerprint density at radius 1 is 1.23 bits per heavy atom. The Labute approximate surface area is 129 Å². The largest absolute Gasteiger partial charge is 0.480 e. The van der Waals surface area contributed by atoms with Crippen LogP contribution in [0.3, 0.4) is 0 Å². The average molecular weight is 303 g/mol. The smallest absolute Gasteiger partial charge is 0.326 e. The van der Waals surface area contributed by atoms with Gasteiger partial charge in [-0.1, -0.05) is 25.5 Å². The van der Waals surface area contributed by atoms with Gasteiger partial charge in [0.15, 0.2) is 5.76 Å². The van der Waals surface area contributed by atoms with Crippen LogP contribution in [0.2, 0.25) is 0 Å². The van der Waals surface area contributed by atoms with Gasteiger partial charge in [0.1, 0.15) is 11.6 Å². The number of rotatable bonds is 5. The number of furan rings is 1. The Morgan fingerprint density at radius 2 is 1.86 bits per heavy atom. The summed E-state index contributed by atoms with van der Waals surface area (Å²) in [5.74, 6) is -1.32. The van der Waals surface area contributed by atoms with Crippen molar-refractivity contribution >= 4 is 22.8 Å². The summed E-state index contributed by atoms with van der Waals surface area (Å²) in [6.07, 6.45) is 1.06. The molecule has 1 unspecified atom stereocenters. The molecule has 0 radical (unpaired) electrons. The van der Waals surface area contributed by atoms with Crippen molar-refractivity contribution in [3.63, 3.8) is 0 Å². The van der Waals surface area contributed by atoms with Gasteiger partial charge < -0.3 is 14.8 Å². The Hall–Kier alpha value is -2.30. The molecule has 0 saturated carbocycles. The summed E-state index contributed by atoms with van der Waals surface area (Å²) in [7, 11) is 0. The average Bonchev–Trinajstić information content (AvgIpc) is 2.81. The van der Waals surface area contributed by atoms with E-state index in [4.69, 9.17) is 9.52 Å². The van der Waals surface area contributed by atoms with Gasteiger partial charge in [0.2, 0.25) is 0 Å². The first-order chi connectivity index (χ1) is 10.4. The van der Waals surface area contributed by atoms with Crippen molar-refractivity contribution in [2.75, 3.05) is 0 Å². The van der Waals surface area contributed by atoms with Crippen molar-refractivity contribution in [2.45, 2.75) is 46.6 Å². The molecule has 1 aromatic heterocycles. The predicted molar refractivity (Wildman–Crippen MR) is 84.2 cm³/mol. The van der Waals surface area contributed by atoms with E-state index < -0.39 is 17.9 Å². The number of amides is 1. The number of benzene rings is 1. The molecule has 0 aliphatic rings. The Morgan fingerprint density at radius 3 is 2.41 bits per heavy atom. The van der Waals surface area contributed by atoms with Gasteiger partial charge in [-0.2, -0.15) is 0 Å². The minimum atomic E-state index is -1.03. The number of carboxylic acid groups (broad SMARTS) is 1.